The van der Waals surface area contributed by atoms with Crippen molar-refractivity contribution in [2.75, 3.05) is 25.6 Å². The highest BCUT2D eigenvalue weighted by molar-refractivity contribution is 5.89. The fourth-order valence-corrected chi connectivity index (χ4v) is 1.63. The van der Waals surface area contributed by atoms with Gasteiger partial charge in [0.25, 0.3) is 0 Å². The van der Waals surface area contributed by atoms with Gasteiger partial charge in [-0.05, 0) is 25.5 Å². The summed E-state index contributed by atoms with van der Waals surface area (Å²) in [5, 5.41) is 20.9. The summed E-state index contributed by atoms with van der Waals surface area (Å²) >= 11 is 0. The van der Waals surface area contributed by atoms with Gasteiger partial charge in [-0.1, -0.05) is 0 Å². The molecule has 1 rings (SSSR count). The lowest BCUT2D eigenvalue weighted by Crippen LogP contribution is -2.26. The molecule has 0 aliphatic heterocycles. The molecule has 0 saturated carbocycles. The highest BCUT2D eigenvalue weighted by Crippen LogP contribution is 2.12. The van der Waals surface area contributed by atoms with Crippen LogP contribution in [0.4, 0.5) is 5.82 Å². The van der Waals surface area contributed by atoms with Crippen LogP contribution in [0, 0.1) is 6.92 Å². The first-order valence-electron chi connectivity index (χ1n) is 5.65. The molecule has 1 heterocycles. The number of rotatable bonds is 7. The Hall–Kier alpha value is -1.66. The van der Waals surface area contributed by atoms with E-state index >= 15 is 0 Å². The molecule has 100 valence electrons. The first kappa shape index (κ1) is 14.4. The highest BCUT2D eigenvalue weighted by Gasteiger charge is 2.11. The monoisotopic (exact) mass is 254 g/mol. The molecule has 3 N–H and O–H groups in total. The van der Waals surface area contributed by atoms with Gasteiger partial charge in [0.2, 0.25) is 0 Å². The molecule has 0 radical (unpaired) electrons. The minimum atomic E-state index is -0.990. The van der Waals surface area contributed by atoms with E-state index in [2.05, 4.69) is 10.3 Å². The molecule has 0 saturated heterocycles. The number of pyridine rings is 1. The summed E-state index contributed by atoms with van der Waals surface area (Å²) in [4.78, 5) is 15.0. The third-order valence-corrected chi connectivity index (χ3v) is 2.51. The first-order chi connectivity index (χ1) is 8.58. The number of aromatic nitrogens is 1. The molecule has 0 fully saturated rings. The zero-order chi connectivity index (χ0) is 13.5. The quantitative estimate of drug-likeness (QED) is 0.669. The van der Waals surface area contributed by atoms with Crippen LogP contribution in [0.1, 0.15) is 22.5 Å². The van der Waals surface area contributed by atoms with Crippen LogP contribution in [-0.4, -0.2) is 47.5 Å². The van der Waals surface area contributed by atoms with Crippen LogP contribution in [0.3, 0.4) is 0 Å². The zero-order valence-electron chi connectivity index (χ0n) is 10.5. The first-order valence-corrected chi connectivity index (χ1v) is 5.65. The van der Waals surface area contributed by atoms with Crippen LogP contribution in [-0.2, 0) is 4.74 Å². The number of carboxylic acids is 1. The number of nitrogens with one attached hydrogen (secondary N) is 1. The average molecular weight is 254 g/mol. The summed E-state index contributed by atoms with van der Waals surface area (Å²) in [5.74, 6) is -0.414. The molecule has 0 bridgehead atoms. The Morgan fingerprint density at radius 3 is 2.78 bits per heavy atom. The number of aryl methyl sites for hydroxylation is 1. The van der Waals surface area contributed by atoms with Gasteiger partial charge in [-0.3, -0.25) is 0 Å². The topological polar surface area (TPSA) is 91.7 Å². The molecular weight excluding hydrogens is 236 g/mol. The average Bonchev–Trinajstić information content (AvgIpc) is 2.29. The van der Waals surface area contributed by atoms with Gasteiger partial charge in [0.1, 0.15) is 5.82 Å². The summed E-state index contributed by atoms with van der Waals surface area (Å²) in [5.41, 5.74) is 0.638. The highest BCUT2D eigenvalue weighted by atomic mass is 16.5. The summed E-state index contributed by atoms with van der Waals surface area (Å²) in [6, 6.07) is 3.06. The fraction of sp³-hybridized carbons (Fsp3) is 0.500. The van der Waals surface area contributed by atoms with E-state index in [4.69, 9.17) is 14.9 Å². The van der Waals surface area contributed by atoms with E-state index in [1.54, 1.807) is 20.1 Å². The van der Waals surface area contributed by atoms with Gasteiger partial charge in [-0.15, -0.1) is 0 Å². The van der Waals surface area contributed by atoms with Crippen molar-refractivity contribution in [2.45, 2.75) is 19.4 Å². The van der Waals surface area contributed by atoms with Crippen LogP contribution < -0.4 is 5.32 Å². The molecule has 0 amide bonds. The van der Waals surface area contributed by atoms with Gasteiger partial charge >= 0.3 is 5.97 Å². The molecule has 1 unspecified atom stereocenters. The van der Waals surface area contributed by atoms with Crippen molar-refractivity contribution >= 4 is 11.8 Å². The molecule has 1 aromatic heterocycles. The summed E-state index contributed by atoms with van der Waals surface area (Å²) in [6.45, 7) is 2.14. The summed E-state index contributed by atoms with van der Waals surface area (Å²) < 4.78 is 5.03. The van der Waals surface area contributed by atoms with E-state index in [0.717, 1.165) is 0 Å². The molecule has 6 heteroatoms. The molecule has 0 spiro atoms. The second kappa shape index (κ2) is 6.93. The van der Waals surface area contributed by atoms with Crippen LogP contribution in [0.15, 0.2) is 12.1 Å². The maximum Gasteiger partial charge on any atom is 0.337 e. The predicted molar refractivity (Wildman–Crippen MR) is 66.9 cm³/mol. The number of carbonyl (C=O) groups is 1. The minimum absolute atomic E-state index is 0.0488. The number of aliphatic hydroxyl groups is 1. The van der Waals surface area contributed by atoms with Crippen LogP contribution >= 0.6 is 0 Å². The number of methoxy groups -OCH3 is 1. The third kappa shape index (κ3) is 3.97. The van der Waals surface area contributed by atoms with Crippen molar-refractivity contribution in [3.05, 3.63) is 23.4 Å². The van der Waals surface area contributed by atoms with Crippen molar-refractivity contribution in [1.29, 1.82) is 0 Å². The molecule has 18 heavy (non-hydrogen) atoms. The van der Waals surface area contributed by atoms with Crippen molar-refractivity contribution in [3.63, 3.8) is 0 Å². The third-order valence-electron chi connectivity index (χ3n) is 2.51. The van der Waals surface area contributed by atoms with Gasteiger partial charge in [-0.25, -0.2) is 9.78 Å². The molecule has 0 aliphatic carbocycles. The number of ether oxygens (including phenoxy) is 1. The van der Waals surface area contributed by atoms with Gasteiger partial charge in [-0.2, -0.15) is 0 Å². The lowest BCUT2D eigenvalue weighted by atomic mass is 10.2. The SMILES string of the molecule is COCC(CCO)Nc1ccc(C(=O)O)c(C)n1. The summed E-state index contributed by atoms with van der Waals surface area (Å²) in [6.07, 6.45) is 0.537. The number of hydrogen-bond acceptors (Lipinski definition) is 5. The Morgan fingerprint density at radius 1 is 1.56 bits per heavy atom. The zero-order valence-corrected chi connectivity index (χ0v) is 10.5. The van der Waals surface area contributed by atoms with Crippen molar-refractivity contribution in [2.24, 2.45) is 0 Å². The van der Waals surface area contributed by atoms with E-state index in [1.807, 2.05) is 0 Å². The Labute approximate surface area is 106 Å². The summed E-state index contributed by atoms with van der Waals surface area (Å²) in [7, 11) is 1.58. The molecule has 0 aliphatic rings. The van der Waals surface area contributed by atoms with Gasteiger partial charge < -0.3 is 20.3 Å². The number of nitrogens with zero attached hydrogens (tertiary/aromatic N) is 1. The molecular formula is C12H18N2O4. The number of anilines is 1. The normalized spacial score (nSPS) is 12.2. The van der Waals surface area contributed by atoms with Gasteiger partial charge in [0.05, 0.1) is 23.9 Å². The number of carboxylic acid groups (broad SMARTS) is 1. The second-order valence-corrected chi connectivity index (χ2v) is 3.94. The van der Waals surface area contributed by atoms with Gasteiger partial charge in [0.15, 0.2) is 0 Å². The maximum absolute atomic E-state index is 10.8. The number of aromatic carboxylic acids is 1. The Kier molecular flexibility index (Phi) is 5.54. The minimum Gasteiger partial charge on any atom is -0.478 e. The Balaban J connectivity index is 2.77. The lowest BCUT2D eigenvalue weighted by Gasteiger charge is -2.17. The molecule has 1 atom stereocenters. The number of aliphatic hydroxyl groups excluding tert-OH is 1. The van der Waals surface area contributed by atoms with E-state index in [0.29, 0.717) is 24.5 Å². The van der Waals surface area contributed by atoms with E-state index in [-0.39, 0.29) is 18.2 Å². The van der Waals surface area contributed by atoms with Crippen LogP contribution in [0.5, 0.6) is 0 Å². The predicted octanol–water partition coefficient (Wildman–Crippen LogP) is 0.898. The van der Waals surface area contributed by atoms with E-state index in [9.17, 15) is 4.79 Å². The smallest absolute Gasteiger partial charge is 0.337 e. The second-order valence-electron chi connectivity index (χ2n) is 3.94. The van der Waals surface area contributed by atoms with Crippen LogP contribution in [0.2, 0.25) is 0 Å². The van der Waals surface area contributed by atoms with E-state index in [1.165, 1.54) is 6.07 Å². The number of hydrogen-bond donors (Lipinski definition) is 3. The van der Waals surface area contributed by atoms with E-state index < -0.39 is 5.97 Å². The van der Waals surface area contributed by atoms with Crippen molar-refractivity contribution in [1.82, 2.24) is 4.98 Å². The Morgan fingerprint density at radius 2 is 2.28 bits per heavy atom. The largest absolute Gasteiger partial charge is 0.478 e. The van der Waals surface area contributed by atoms with Gasteiger partial charge in [0, 0.05) is 13.7 Å². The Bertz CT molecular complexity index is 403. The standard InChI is InChI=1S/C12H18N2O4/c1-8-10(12(16)17)3-4-11(13-8)14-9(5-6-15)7-18-2/h3-4,9,15H,5-7H2,1-2H3,(H,13,14)(H,16,17). The van der Waals surface area contributed by atoms with Crippen molar-refractivity contribution in [3.8, 4) is 0 Å². The molecule has 0 aromatic carbocycles. The molecule has 1 aromatic rings. The maximum atomic E-state index is 10.8. The molecule has 6 nitrogen and oxygen atoms in total. The van der Waals surface area contributed by atoms with Crippen molar-refractivity contribution < 1.29 is 19.7 Å². The lowest BCUT2D eigenvalue weighted by molar-refractivity contribution is 0.0695. The fourth-order valence-electron chi connectivity index (χ4n) is 1.63. The van der Waals surface area contributed by atoms with Crippen LogP contribution in [0.25, 0.3) is 0 Å².